The number of carbonyl (C=O) groups is 5. The van der Waals surface area contributed by atoms with Gasteiger partial charge in [-0.05, 0) is 60.8 Å². The van der Waals surface area contributed by atoms with Crippen molar-refractivity contribution in [3.8, 4) is 17.2 Å². The summed E-state index contributed by atoms with van der Waals surface area (Å²) in [5.74, 6) is -6.07. The van der Waals surface area contributed by atoms with E-state index in [1.54, 1.807) is 4.68 Å². The number of ether oxygens (including phenoxy) is 1. The van der Waals surface area contributed by atoms with Gasteiger partial charge in [0.05, 0.1) is 11.9 Å². The number of aryl methyl sites for hydroxylation is 1. The highest BCUT2D eigenvalue weighted by molar-refractivity contribution is 8.01. The Balaban J connectivity index is 1.23. The van der Waals surface area contributed by atoms with Crippen molar-refractivity contribution in [3.05, 3.63) is 74.8 Å². The number of aromatic hydroxyl groups is 2. The van der Waals surface area contributed by atoms with Gasteiger partial charge < -0.3 is 45.1 Å². The number of hydrogen-bond donors (Lipinski definition) is 6. The molecule has 0 bridgehead atoms. The molecule has 3 amide bonds. The van der Waals surface area contributed by atoms with Crippen LogP contribution in [0.1, 0.15) is 27.7 Å². The Hall–Kier alpha value is -6.13. The smallest absolute Gasteiger partial charge is 0.352 e. The fourth-order valence-corrected chi connectivity index (χ4v) is 8.30. The van der Waals surface area contributed by atoms with Crippen molar-refractivity contribution in [1.82, 2.24) is 40.6 Å². The molecule has 0 aliphatic carbocycles. The van der Waals surface area contributed by atoms with Gasteiger partial charge in [0.2, 0.25) is 16.5 Å². The number of benzene rings is 2. The number of nitrogens with one attached hydrogen (secondary N) is 2. The van der Waals surface area contributed by atoms with Crippen LogP contribution in [0, 0.1) is 6.92 Å². The van der Waals surface area contributed by atoms with E-state index in [9.17, 15) is 44.1 Å². The molecule has 294 valence electrons. The van der Waals surface area contributed by atoms with Gasteiger partial charge in [0.1, 0.15) is 45.8 Å². The van der Waals surface area contributed by atoms with Crippen molar-refractivity contribution in [2.75, 3.05) is 38.8 Å². The van der Waals surface area contributed by atoms with Crippen LogP contribution in [0.25, 0.3) is 11.0 Å². The summed E-state index contributed by atoms with van der Waals surface area (Å²) in [5.41, 5.74) is -1.12. The van der Waals surface area contributed by atoms with Crippen LogP contribution in [-0.2, 0) is 25.7 Å². The summed E-state index contributed by atoms with van der Waals surface area (Å²) in [6, 6.07) is 4.63. The van der Waals surface area contributed by atoms with Crippen LogP contribution in [0.3, 0.4) is 0 Å². The van der Waals surface area contributed by atoms with Crippen molar-refractivity contribution in [1.29, 1.82) is 0 Å². The number of phenols is 2. The molecule has 6 rings (SSSR count). The fourth-order valence-electron chi connectivity index (χ4n) is 5.92. The van der Waals surface area contributed by atoms with Gasteiger partial charge in [-0.3, -0.25) is 24.1 Å². The SMILES string of the molecule is Cc1oc2cc(O)c(O)cc2c(=O)c1C(=O)NC(C(=O)N[C@H]1C(=O)N2C(C(=O)O)=C(CSc3nnnn3CCN(C)C)CS[C@@H]12)c1ccc(OCC(=O)O)cc1. The number of hydrogen-bond acceptors (Lipinski definition) is 16. The summed E-state index contributed by atoms with van der Waals surface area (Å²) >= 11 is 2.46. The zero-order valence-corrected chi connectivity index (χ0v) is 31.4. The molecule has 2 aliphatic rings. The Morgan fingerprint density at radius 3 is 2.50 bits per heavy atom. The summed E-state index contributed by atoms with van der Waals surface area (Å²) in [7, 11) is 3.81. The minimum atomic E-state index is -1.56. The lowest BCUT2D eigenvalue weighted by atomic mass is 10.0. The first-order valence-electron chi connectivity index (χ1n) is 16.6. The summed E-state index contributed by atoms with van der Waals surface area (Å²) in [5, 5.41) is 55.3. The standard InChI is InChI=1S/C34H34N8O12S2/c1-15-24(28(47)19-10-20(43)21(44)11-22(19)54-15)29(48)35-25(16-4-6-18(7-5-16)53-12-23(45)46)30(49)36-26-31(50)42-27(33(51)52)17(13-55-32(26)42)14-56-34-37-38-39-41(34)9-8-40(2)3/h4-7,10-11,25-26,32,43-44H,8-9,12-14H2,1-3H3,(H,35,48)(H,36,49)(H,45,46)(H,51,52)/t25?,26-,32-/m0/s1. The van der Waals surface area contributed by atoms with Crippen LogP contribution in [0.2, 0.25) is 0 Å². The lowest BCUT2D eigenvalue weighted by Crippen LogP contribution is -2.71. The number of carboxylic acids is 2. The fraction of sp³-hybridized carbons (Fsp3) is 0.324. The van der Waals surface area contributed by atoms with Crippen LogP contribution >= 0.6 is 23.5 Å². The summed E-state index contributed by atoms with van der Waals surface area (Å²) in [4.78, 5) is 81.3. The van der Waals surface area contributed by atoms with E-state index < -0.39 is 76.2 Å². The van der Waals surface area contributed by atoms with Gasteiger partial charge >= 0.3 is 11.9 Å². The molecule has 2 aromatic heterocycles. The van der Waals surface area contributed by atoms with Crippen molar-refractivity contribution in [2.45, 2.75) is 36.1 Å². The number of nitrogens with zero attached hydrogens (tertiary/aromatic N) is 6. The van der Waals surface area contributed by atoms with Crippen LogP contribution in [0.5, 0.6) is 17.2 Å². The van der Waals surface area contributed by atoms with E-state index in [0.717, 1.165) is 17.0 Å². The molecule has 1 unspecified atom stereocenters. The van der Waals surface area contributed by atoms with Crippen LogP contribution < -0.4 is 20.8 Å². The van der Waals surface area contributed by atoms with E-state index in [0.29, 0.717) is 23.8 Å². The molecule has 22 heteroatoms. The lowest BCUT2D eigenvalue weighted by molar-refractivity contribution is -0.151. The van der Waals surface area contributed by atoms with Gasteiger partial charge in [0.25, 0.3) is 11.8 Å². The average molecular weight is 811 g/mol. The number of thioether (sulfide) groups is 2. The number of carbonyl (C=O) groups excluding carboxylic acids is 3. The van der Waals surface area contributed by atoms with Gasteiger partial charge in [0.15, 0.2) is 18.1 Å². The number of fused-ring (bicyclic) bond motifs is 2. The summed E-state index contributed by atoms with van der Waals surface area (Å²) in [6.45, 7) is 1.85. The second kappa shape index (κ2) is 16.3. The van der Waals surface area contributed by atoms with Gasteiger partial charge in [-0.2, -0.15) is 0 Å². The zero-order chi connectivity index (χ0) is 40.4. The Morgan fingerprint density at radius 1 is 1.11 bits per heavy atom. The van der Waals surface area contributed by atoms with Gasteiger partial charge in [-0.15, -0.1) is 16.9 Å². The monoisotopic (exact) mass is 810 g/mol. The number of amides is 3. The van der Waals surface area contributed by atoms with Crippen LogP contribution in [-0.4, -0.2) is 130 Å². The van der Waals surface area contributed by atoms with Crippen molar-refractivity contribution >= 4 is 64.2 Å². The van der Waals surface area contributed by atoms with E-state index in [1.807, 2.05) is 19.0 Å². The third-order valence-electron chi connectivity index (χ3n) is 8.69. The molecule has 20 nitrogen and oxygen atoms in total. The first-order chi connectivity index (χ1) is 26.6. The zero-order valence-electron chi connectivity index (χ0n) is 29.8. The first kappa shape index (κ1) is 39.6. The number of likely N-dealkylation sites (N-methyl/N-ethyl adjacent to an activating group) is 1. The number of aliphatic carboxylic acids is 2. The Kier molecular flexibility index (Phi) is 11.5. The number of carboxylic acid groups (broad SMARTS) is 2. The first-order valence-corrected chi connectivity index (χ1v) is 18.7. The molecule has 4 aromatic rings. The van der Waals surface area contributed by atoms with E-state index >= 15 is 0 Å². The lowest BCUT2D eigenvalue weighted by Gasteiger charge is -2.49. The molecular formula is C34H34N8O12S2. The highest BCUT2D eigenvalue weighted by atomic mass is 32.2. The van der Waals surface area contributed by atoms with E-state index in [4.69, 9.17) is 14.3 Å². The molecule has 56 heavy (non-hydrogen) atoms. The molecular weight excluding hydrogens is 777 g/mol. The quantitative estimate of drug-likeness (QED) is 0.0542. The topological polar surface area (TPSA) is 280 Å². The Morgan fingerprint density at radius 2 is 1.82 bits per heavy atom. The molecule has 0 radical (unpaired) electrons. The number of tetrazole rings is 1. The third-order valence-corrected chi connectivity index (χ3v) is 11.1. The number of phenolic OH excluding ortho intramolecular Hbond substituents is 2. The molecule has 6 N–H and O–H groups in total. The van der Waals surface area contributed by atoms with Crippen molar-refractivity contribution in [2.24, 2.45) is 0 Å². The number of rotatable bonds is 15. The summed E-state index contributed by atoms with van der Waals surface area (Å²) in [6.07, 6.45) is 0. The molecule has 4 heterocycles. The molecule has 1 fully saturated rings. The maximum atomic E-state index is 14.0. The average Bonchev–Trinajstić information content (AvgIpc) is 3.61. The van der Waals surface area contributed by atoms with Gasteiger partial charge in [0, 0.05) is 24.1 Å². The second-order valence-corrected chi connectivity index (χ2v) is 14.8. The van der Waals surface area contributed by atoms with Gasteiger partial charge in [-0.25, -0.2) is 14.3 Å². The minimum absolute atomic E-state index is 0.111. The Bertz CT molecular complexity index is 2330. The third kappa shape index (κ3) is 8.11. The number of β-lactam (4-membered cyclic amide) rings is 1. The molecule has 0 saturated carbocycles. The van der Waals surface area contributed by atoms with Crippen LogP contribution in [0.4, 0.5) is 0 Å². The molecule has 0 spiro atoms. The molecule has 2 aromatic carbocycles. The van der Waals surface area contributed by atoms with Crippen molar-refractivity contribution < 1.29 is 53.6 Å². The van der Waals surface area contributed by atoms with E-state index in [1.165, 1.54) is 54.7 Å². The van der Waals surface area contributed by atoms with E-state index in [-0.39, 0.29) is 45.2 Å². The molecule has 1 saturated heterocycles. The largest absolute Gasteiger partial charge is 0.504 e. The molecule has 3 atom stereocenters. The molecule has 2 aliphatic heterocycles. The van der Waals surface area contributed by atoms with Gasteiger partial charge in [-0.1, -0.05) is 23.9 Å². The van der Waals surface area contributed by atoms with Crippen LogP contribution in [0.15, 0.2) is 62.0 Å². The predicted molar refractivity (Wildman–Crippen MR) is 197 cm³/mol. The maximum Gasteiger partial charge on any atom is 0.352 e. The predicted octanol–water partition coefficient (Wildman–Crippen LogP) is 0.526. The second-order valence-electron chi connectivity index (χ2n) is 12.8. The minimum Gasteiger partial charge on any atom is -0.504 e. The summed E-state index contributed by atoms with van der Waals surface area (Å²) < 4.78 is 12.4. The van der Waals surface area contributed by atoms with E-state index in [2.05, 4.69) is 26.2 Å². The normalized spacial score (nSPS) is 17.0. The number of aromatic nitrogens is 4. The van der Waals surface area contributed by atoms with Crippen molar-refractivity contribution in [3.63, 3.8) is 0 Å². The highest BCUT2D eigenvalue weighted by Gasteiger charge is 2.54. The Labute approximate surface area is 324 Å². The highest BCUT2D eigenvalue weighted by Crippen LogP contribution is 2.42. The maximum absolute atomic E-state index is 14.0.